The van der Waals surface area contributed by atoms with E-state index in [2.05, 4.69) is 47.7 Å². The lowest BCUT2D eigenvalue weighted by molar-refractivity contribution is -0.112. The number of hydrogen-bond acceptors (Lipinski definition) is 2. The molecule has 1 aromatic heterocycles. The molecule has 2 aromatic rings. The van der Waals surface area contributed by atoms with Gasteiger partial charge in [-0.25, -0.2) is 4.98 Å². The maximum atomic E-state index is 10.5. The molecular formula is C16H18N2O. The molecular weight excluding hydrogens is 236 g/mol. The van der Waals surface area contributed by atoms with E-state index < -0.39 is 0 Å². The van der Waals surface area contributed by atoms with Crippen molar-refractivity contribution < 1.29 is 5.11 Å². The summed E-state index contributed by atoms with van der Waals surface area (Å²) in [4.78, 5) is 4.28. The third-order valence-electron chi connectivity index (χ3n) is 4.89. The van der Waals surface area contributed by atoms with Crippen LogP contribution in [0, 0.1) is 11.3 Å². The van der Waals surface area contributed by atoms with Crippen molar-refractivity contribution in [1.29, 1.82) is 0 Å². The van der Waals surface area contributed by atoms with Crippen LogP contribution in [0.3, 0.4) is 0 Å². The minimum absolute atomic E-state index is 0.0446. The lowest BCUT2D eigenvalue weighted by Gasteiger charge is -2.51. The molecule has 0 radical (unpaired) electrons. The van der Waals surface area contributed by atoms with Gasteiger partial charge in [-0.15, -0.1) is 0 Å². The Balaban J connectivity index is 1.82. The number of benzene rings is 1. The first kappa shape index (κ1) is 11.2. The second-order valence-electron chi connectivity index (χ2n) is 6.52. The number of fused-ring (bicyclic) bond motifs is 3. The molecule has 0 saturated heterocycles. The largest absolute Gasteiger partial charge is 0.392 e. The Morgan fingerprint density at radius 1 is 1.32 bits per heavy atom. The third kappa shape index (κ3) is 1.34. The molecule has 1 aliphatic carbocycles. The summed E-state index contributed by atoms with van der Waals surface area (Å²) in [7, 11) is 0. The van der Waals surface area contributed by atoms with Gasteiger partial charge in [0.2, 0.25) is 0 Å². The molecule has 1 aliphatic heterocycles. The van der Waals surface area contributed by atoms with Crippen LogP contribution in [0.15, 0.2) is 36.8 Å². The summed E-state index contributed by atoms with van der Waals surface area (Å²) < 4.78 is 2.23. The van der Waals surface area contributed by atoms with E-state index in [9.17, 15) is 5.11 Å². The standard InChI is InChI=1S/C16H18N2O/c1-16(2)7-12(15(16)19)14-11-6-4-3-5-10(11)13-8-17-9-18(13)14/h3-6,8-9,12,14-15,19H,7H2,1-2H3/t12-,14+,15-/m1/s1. The van der Waals surface area contributed by atoms with Crippen molar-refractivity contribution >= 4 is 0 Å². The Labute approximate surface area is 112 Å². The lowest BCUT2D eigenvalue weighted by Crippen LogP contribution is -2.51. The van der Waals surface area contributed by atoms with Crippen molar-refractivity contribution in [2.24, 2.45) is 11.3 Å². The van der Waals surface area contributed by atoms with Crippen molar-refractivity contribution in [3.63, 3.8) is 0 Å². The fourth-order valence-corrected chi connectivity index (χ4v) is 3.85. The van der Waals surface area contributed by atoms with Crippen LogP contribution in [0.4, 0.5) is 0 Å². The van der Waals surface area contributed by atoms with Gasteiger partial charge in [0.1, 0.15) is 0 Å². The minimum atomic E-state index is -0.237. The van der Waals surface area contributed by atoms with Crippen LogP contribution in [-0.2, 0) is 0 Å². The maximum absolute atomic E-state index is 10.5. The van der Waals surface area contributed by atoms with E-state index in [1.54, 1.807) is 0 Å². The molecule has 1 fully saturated rings. The average molecular weight is 254 g/mol. The first-order valence-corrected chi connectivity index (χ1v) is 6.89. The van der Waals surface area contributed by atoms with Crippen LogP contribution < -0.4 is 0 Å². The Kier molecular flexibility index (Phi) is 2.06. The average Bonchev–Trinajstić information content (AvgIpc) is 2.96. The van der Waals surface area contributed by atoms with Crippen LogP contribution >= 0.6 is 0 Å². The summed E-state index contributed by atoms with van der Waals surface area (Å²) >= 11 is 0. The summed E-state index contributed by atoms with van der Waals surface area (Å²) in [6.07, 6.45) is 4.65. The van der Waals surface area contributed by atoms with Crippen molar-refractivity contribution in [2.45, 2.75) is 32.4 Å². The van der Waals surface area contributed by atoms with Crippen LogP contribution in [0.5, 0.6) is 0 Å². The monoisotopic (exact) mass is 254 g/mol. The van der Waals surface area contributed by atoms with Gasteiger partial charge >= 0.3 is 0 Å². The first-order valence-electron chi connectivity index (χ1n) is 6.89. The summed E-state index contributed by atoms with van der Waals surface area (Å²) in [6, 6.07) is 8.74. The molecule has 3 atom stereocenters. The van der Waals surface area contributed by atoms with E-state index in [4.69, 9.17) is 0 Å². The topological polar surface area (TPSA) is 38.0 Å². The summed E-state index contributed by atoms with van der Waals surface area (Å²) in [5.74, 6) is 0.298. The fourth-order valence-electron chi connectivity index (χ4n) is 3.85. The van der Waals surface area contributed by atoms with Gasteiger partial charge in [-0.2, -0.15) is 0 Å². The van der Waals surface area contributed by atoms with Gasteiger partial charge in [0.15, 0.2) is 0 Å². The van der Waals surface area contributed by atoms with E-state index >= 15 is 0 Å². The zero-order valence-electron chi connectivity index (χ0n) is 11.2. The van der Waals surface area contributed by atoms with Crippen LogP contribution in [0.25, 0.3) is 11.3 Å². The predicted octanol–water partition coefficient (Wildman–Crippen LogP) is 2.86. The number of nitrogens with zero attached hydrogens (tertiary/aromatic N) is 2. The molecule has 0 spiro atoms. The van der Waals surface area contributed by atoms with E-state index in [0.717, 1.165) is 6.42 Å². The van der Waals surface area contributed by atoms with Crippen molar-refractivity contribution in [3.8, 4) is 11.3 Å². The van der Waals surface area contributed by atoms with Gasteiger partial charge in [0.05, 0.1) is 30.4 Å². The van der Waals surface area contributed by atoms with Gasteiger partial charge in [0, 0.05) is 11.5 Å². The van der Waals surface area contributed by atoms with Crippen LogP contribution in [0.1, 0.15) is 31.9 Å². The molecule has 4 rings (SSSR count). The Hall–Kier alpha value is -1.61. The Morgan fingerprint density at radius 2 is 2.11 bits per heavy atom. The normalized spacial score (nSPS) is 30.6. The SMILES string of the molecule is CC1(C)C[C@H]([C@@H]2c3ccccc3-c3cncn32)[C@H]1O. The fraction of sp³-hybridized carbons (Fsp3) is 0.438. The molecule has 1 aromatic carbocycles. The van der Waals surface area contributed by atoms with Gasteiger partial charge in [-0.3, -0.25) is 0 Å². The molecule has 1 saturated carbocycles. The highest BCUT2D eigenvalue weighted by Crippen LogP contribution is 2.55. The molecule has 0 bridgehead atoms. The van der Waals surface area contributed by atoms with Gasteiger partial charge in [0.25, 0.3) is 0 Å². The quantitative estimate of drug-likeness (QED) is 0.849. The van der Waals surface area contributed by atoms with Crippen LogP contribution in [0.2, 0.25) is 0 Å². The van der Waals surface area contributed by atoms with Crippen molar-refractivity contribution in [3.05, 3.63) is 42.4 Å². The molecule has 2 heterocycles. The second-order valence-corrected chi connectivity index (χ2v) is 6.52. The second kappa shape index (κ2) is 3.48. The number of hydrogen-bond donors (Lipinski definition) is 1. The Morgan fingerprint density at radius 3 is 2.84 bits per heavy atom. The first-order chi connectivity index (χ1) is 9.09. The maximum Gasteiger partial charge on any atom is 0.0956 e. The summed E-state index contributed by atoms with van der Waals surface area (Å²) in [6.45, 7) is 4.29. The molecule has 98 valence electrons. The zero-order valence-corrected chi connectivity index (χ0v) is 11.2. The molecule has 3 heteroatoms. The number of aromatic nitrogens is 2. The minimum Gasteiger partial charge on any atom is -0.392 e. The van der Waals surface area contributed by atoms with Gasteiger partial charge in [-0.05, 0) is 17.4 Å². The predicted molar refractivity (Wildman–Crippen MR) is 73.7 cm³/mol. The zero-order chi connectivity index (χ0) is 13.2. The number of rotatable bonds is 1. The number of aliphatic hydroxyl groups excluding tert-OH is 1. The summed E-state index contributed by atoms with van der Waals surface area (Å²) in [5.41, 5.74) is 3.82. The highest BCUT2D eigenvalue weighted by atomic mass is 16.3. The van der Waals surface area contributed by atoms with Crippen molar-refractivity contribution in [1.82, 2.24) is 9.55 Å². The van der Waals surface area contributed by atoms with Crippen molar-refractivity contribution in [2.75, 3.05) is 0 Å². The molecule has 19 heavy (non-hydrogen) atoms. The van der Waals surface area contributed by atoms with E-state index in [1.807, 2.05) is 12.5 Å². The number of imidazole rings is 1. The summed E-state index contributed by atoms with van der Waals surface area (Å²) in [5, 5.41) is 10.5. The smallest absolute Gasteiger partial charge is 0.0956 e. The molecule has 0 unspecified atom stereocenters. The van der Waals surface area contributed by atoms with Crippen LogP contribution in [-0.4, -0.2) is 20.8 Å². The molecule has 3 nitrogen and oxygen atoms in total. The number of aliphatic hydroxyl groups is 1. The molecule has 1 N–H and O–H groups in total. The van der Waals surface area contributed by atoms with E-state index in [-0.39, 0.29) is 17.6 Å². The lowest BCUT2D eigenvalue weighted by atomic mass is 9.58. The van der Waals surface area contributed by atoms with E-state index in [0.29, 0.717) is 5.92 Å². The van der Waals surface area contributed by atoms with E-state index in [1.165, 1.54) is 16.8 Å². The molecule has 2 aliphatic rings. The van der Waals surface area contributed by atoms with Gasteiger partial charge < -0.3 is 9.67 Å². The third-order valence-corrected chi connectivity index (χ3v) is 4.89. The molecule has 0 amide bonds. The van der Waals surface area contributed by atoms with Gasteiger partial charge in [-0.1, -0.05) is 38.1 Å². The highest BCUT2D eigenvalue weighted by molar-refractivity contribution is 5.69. The Bertz CT molecular complexity index is 644. The highest BCUT2D eigenvalue weighted by Gasteiger charge is 2.52.